The highest BCUT2D eigenvalue weighted by Gasteiger charge is 2.35. The molecule has 1 aromatic heterocycles. The van der Waals surface area contributed by atoms with Crippen LogP contribution in [0.2, 0.25) is 0 Å². The molecule has 0 aliphatic carbocycles. The van der Waals surface area contributed by atoms with Crippen molar-refractivity contribution in [1.82, 2.24) is 9.21 Å². The summed E-state index contributed by atoms with van der Waals surface area (Å²) < 4.78 is 62.9. The summed E-state index contributed by atoms with van der Waals surface area (Å²) in [7, 11) is -3.56. The Balaban J connectivity index is 2.00. The number of thiophene rings is 1. The van der Waals surface area contributed by atoms with Crippen molar-refractivity contribution in [3.8, 4) is 0 Å². The molecule has 0 unspecified atom stereocenters. The lowest BCUT2D eigenvalue weighted by molar-refractivity contribution is -0.148. The van der Waals surface area contributed by atoms with E-state index in [2.05, 4.69) is 0 Å². The highest BCUT2D eigenvalue weighted by Crippen LogP contribution is 2.25. The third-order valence-electron chi connectivity index (χ3n) is 3.04. The van der Waals surface area contributed by atoms with Gasteiger partial charge in [0.1, 0.15) is 4.21 Å². The van der Waals surface area contributed by atoms with Crippen LogP contribution in [0.15, 0.2) is 16.3 Å². The van der Waals surface area contributed by atoms with Gasteiger partial charge in [-0.25, -0.2) is 8.42 Å². The lowest BCUT2D eigenvalue weighted by Crippen LogP contribution is -2.50. The molecule has 0 spiro atoms. The van der Waals surface area contributed by atoms with Crippen molar-refractivity contribution in [2.75, 3.05) is 32.7 Å². The molecule has 0 saturated carbocycles. The molecule has 114 valence electrons. The highest BCUT2D eigenvalue weighted by molar-refractivity contribution is 7.91. The molecular formula is C11H15F3N2O2S2. The van der Waals surface area contributed by atoms with Gasteiger partial charge in [-0.3, -0.25) is 4.90 Å². The number of alkyl halides is 3. The first kappa shape index (κ1) is 15.7. The minimum absolute atomic E-state index is 0.0926. The molecular weight excluding hydrogens is 313 g/mol. The number of sulfonamides is 1. The summed E-state index contributed by atoms with van der Waals surface area (Å²) in [6.07, 6.45) is -4.24. The minimum atomic E-state index is -4.24. The van der Waals surface area contributed by atoms with Crippen LogP contribution in [-0.4, -0.2) is 56.5 Å². The van der Waals surface area contributed by atoms with Crippen LogP contribution < -0.4 is 0 Å². The van der Waals surface area contributed by atoms with E-state index in [0.29, 0.717) is 0 Å². The second-order valence-electron chi connectivity index (χ2n) is 4.66. The van der Waals surface area contributed by atoms with Crippen molar-refractivity contribution >= 4 is 21.4 Å². The van der Waals surface area contributed by atoms with Gasteiger partial charge >= 0.3 is 6.18 Å². The first-order valence-electron chi connectivity index (χ1n) is 6.04. The summed E-state index contributed by atoms with van der Waals surface area (Å²) in [6, 6.07) is 3.26. The van der Waals surface area contributed by atoms with E-state index in [4.69, 9.17) is 0 Å². The van der Waals surface area contributed by atoms with Crippen molar-refractivity contribution in [2.24, 2.45) is 0 Å². The maximum absolute atomic E-state index is 12.3. The van der Waals surface area contributed by atoms with Gasteiger partial charge in [-0.05, 0) is 19.1 Å². The number of hydrogen-bond donors (Lipinski definition) is 0. The maximum atomic E-state index is 12.3. The summed E-state index contributed by atoms with van der Waals surface area (Å²) in [6.45, 7) is 1.21. The van der Waals surface area contributed by atoms with Crippen molar-refractivity contribution in [3.05, 3.63) is 17.0 Å². The molecule has 2 heterocycles. The fraction of sp³-hybridized carbons (Fsp3) is 0.636. The van der Waals surface area contributed by atoms with Gasteiger partial charge in [-0.2, -0.15) is 17.5 Å². The summed E-state index contributed by atoms with van der Waals surface area (Å²) in [5.74, 6) is 0. The van der Waals surface area contributed by atoms with Crippen LogP contribution in [0, 0.1) is 6.92 Å². The number of aryl methyl sites for hydroxylation is 1. The lowest BCUT2D eigenvalue weighted by atomic mass is 10.3. The molecule has 0 aromatic carbocycles. The van der Waals surface area contributed by atoms with E-state index in [-0.39, 0.29) is 30.4 Å². The normalized spacial score (nSPS) is 19.4. The lowest BCUT2D eigenvalue weighted by Gasteiger charge is -2.33. The average molecular weight is 328 g/mol. The predicted octanol–water partition coefficient (Wildman–Crippen LogP) is 1.93. The molecule has 1 saturated heterocycles. The van der Waals surface area contributed by atoms with E-state index in [0.717, 1.165) is 4.88 Å². The van der Waals surface area contributed by atoms with E-state index >= 15 is 0 Å². The molecule has 0 bridgehead atoms. The topological polar surface area (TPSA) is 40.6 Å². The molecule has 1 fully saturated rings. The summed E-state index contributed by atoms with van der Waals surface area (Å²) in [5.41, 5.74) is 0. The van der Waals surface area contributed by atoms with Gasteiger partial charge in [-0.15, -0.1) is 11.3 Å². The fourth-order valence-electron chi connectivity index (χ4n) is 2.06. The second-order valence-corrected chi connectivity index (χ2v) is 8.11. The Hall–Kier alpha value is -0.640. The smallest absolute Gasteiger partial charge is 0.292 e. The largest absolute Gasteiger partial charge is 0.401 e. The Morgan fingerprint density at radius 3 is 2.25 bits per heavy atom. The van der Waals surface area contributed by atoms with Crippen molar-refractivity contribution in [3.63, 3.8) is 0 Å². The molecule has 1 aliphatic heterocycles. The highest BCUT2D eigenvalue weighted by atomic mass is 32.2. The Kier molecular flexibility index (Phi) is 4.43. The molecule has 9 heteroatoms. The Labute approximate surface area is 119 Å². The van der Waals surface area contributed by atoms with E-state index in [9.17, 15) is 21.6 Å². The zero-order chi connectivity index (χ0) is 15.0. The van der Waals surface area contributed by atoms with Crippen LogP contribution in [0.1, 0.15) is 4.88 Å². The van der Waals surface area contributed by atoms with Gasteiger partial charge in [-0.1, -0.05) is 0 Å². The van der Waals surface area contributed by atoms with Gasteiger partial charge in [0.25, 0.3) is 10.0 Å². The molecule has 0 amide bonds. The van der Waals surface area contributed by atoms with E-state index < -0.39 is 22.7 Å². The molecule has 1 aromatic rings. The maximum Gasteiger partial charge on any atom is 0.401 e. The molecule has 0 N–H and O–H groups in total. The molecule has 0 atom stereocenters. The Bertz CT molecular complexity index is 560. The summed E-state index contributed by atoms with van der Waals surface area (Å²) in [4.78, 5) is 2.12. The molecule has 4 nitrogen and oxygen atoms in total. The first-order chi connectivity index (χ1) is 9.18. The zero-order valence-electron chi connectivity index (χ0n) is 10.9. The van der Waals surface area contributed by atoms with Crippen LogP contribution in [0.5, 0.6) is 0 Å². The minimum Gasteiger partial charge on any atom is -0.292 e. The number of halogens is 3. The van der Waals surface area contributed by atoms with Crippen LogP contribution in [-0.2, 0) is 10.0 Å². The van der Waals surface area contributed by atoms with Crippen LogP contribution in [0.3, 0.4) is 0 Å². The molecule has 1 aliphatic rings. The standard InChI is InChI=1S/C11H15F3N2O2S2/c1-9-2-3-10(19-9)20(17,18)16-6-4-15(5-7-16)8-11(12,13)14/h2-3H,4-8H2,1H3. The van der Waals surface area contributed by atoms with Gasteiger partial charge in [0.2, 0.25) is 0 Å². The SMILES string of the molecule is Cc1ccc(S(=O)(=O)N2CCN(CC(F)(F)F)CC2)s1. The van der Waals surface area contributed by atoms with Gasteiger partial charge in [0.05, 0.1) is 6.54 Å². The van der Waals surface area contributed by atoms with Crippen LogP contribution >= 0.6 is 11.3 Å². The molecule has 2 rings (SSSR count). The Morgan fingerprint density at radius 2 is 1.80 bits per heavy atom. The van der Waals surface area contributed by atoms with Crippen LogP contribution in [0.25, 0.3) is 0 Å². The van der Waals surface area contributed by atoms with Crippen molar-refractivity contribution in [1.29, 1.82) is 0 Å². The summed E-state index contributed by atoms with van der Waals surface area (Å²) in [5, 5.41) is 0. The van der Waals surface area contributed by atoms with Crippen molar-refractivity contribution < 1.29 is 21.6 Å². The number of hydrogen-bond acceptors (Lipinski definition) is 4. The van der Waals surface area contributed by atoms with Crippen LogP contribution in [0.4, 0.5) is 13.2 Å². The third-order valence-corrected chi connectivity index (χ3v) is 6.41. The Morgan fingerprint density at radius 1 is 1.20 bits per heavy atom. The quantitative estimate of drug-likeness (QED) is 0.851. The monoisotopic (exact) mass is 328 g/mol. The van der Waals surface area contributed by atoms with Gasteiger partial charge < -0.3 is 0 Å². The third kappa shape index (κ3) is 3.72. The van der Waals surface area contributed by atoms with E-state index in [1.165, 1.54) is 26.6 Å². The predicted molar refractivity (Wildman–Crippen MR) is 70.3 cm³/mol. The van der Waals surface area contributed by atoms with E-state index in [1.807, 2.05) is 6.92 Å². The zero-order valence-corrected chi connectivity index (χ0v) is 12.5. The van der Waals surface area contributed by atoms with Gasteiger partial charge in [0, 0.05) is 31.1 Å². The first-order valence-corrected chi connectivity index (χ1v) is 8.30. The summed E-state index contributed by atoms with van der Waals surface area (Å²) >= 11 is 1.18. The average Bonchev–Trinajstić information content (AvgIpc) is 2.75. The number of piperazine rings is 1. The molecule has 0 radical (unpaired) electrons. The molecule has 20 heavy (non-hydrogen) atoms. The second kappa shape index (κ2) is 5.63. The fourth-order valence-corrected chi connectivity index (χ4v) is 4.92. The van der Waals surface area contributed by atoms with Crippen molar-refractivity contribution in [2.45, 2.75) is 17.3 Å². The number of nitrogens with zero attached hydrogens (tertiary/aromatic N) is 2. The van der Waals surface area contributed by atoms with E-state index in [1.54, 1.807) is 6.07 Å². The van der Waals surface area contributed by atoms with Gasteiger partial charge in [0.15, 0.2) is 0 Å². The number of rotatable bonds is 3.